The van der Waals surface area contributed by atoms with Crippen molar-refractivity contribution >= 4 is 28.3 Å². The Labute approximate surface area is 179 Å². The number of carbonyl (C=O) groups is 1. The third-order valence-electron chi connectivity index (χ3n) is 6.29. The lowest BCUT2D eigenvalue weighted by Crippen LogP contribution is -2.45. The number of aromatic amines is 1. The van der Waals surface area contributed by atoms with Gasteiger partial charge in [0.2, 0.25) is 11.9 Å². The van der Waals surface area contributed by atoms with Gasteiger partial charge in [-0.25, -0.2) is 14.4 Å². The third-order valence-corrected chi connectivity index (χ3v) is 6.29. The summed E-state index contributed by atoms with van der Waals surface area (Å²) in [5, 5.41) is 0.922. The minimum Gasteiger partial charge on any atom is -0.360 e. The minimum absolute atomic E-state index is 0.00823. The first-order valence-electron chi connectivity index (χ1n) is 10.6. The number of nitrogens with zero attached hydrogens (tertiary/aromatic N) is 4. The summed E-state index contributed by atoms with van der Waals surface area (Å²) in [5.74, 6) is 0.324. The number of aromatic nitrogens is 3. The Bertz CT molecular complexity index is 1170. The zero-order valence-corrected chi connectivity index (χ0v) is 17.5. The van der Waals surface area contributed by atoms with Gasteiger partial charge in [0.15, 0.2) is 0 Å². The fraction of sp³-hybridized carbons (Fsp3) is 0.348. The van der Waals surface area contributed by atoms with E-state index in [0.29, 0.717) is 19.0 Å². The second kappa shape index (κ2) is 7.46. The second-order valence-electron chi connectivity index (χ2n) is 8.50. The monoisotopic (exact) mass is 420 g/mol. The molecule has 2 aliphatic heterocycles. The topological polar surface area (TPSA) is 91.1 Å². The van der Waals surface area contributed by atoms with Crippen LogP contribution < -0.4 is 10.6 Å². The van der Waals surface area contributed by atoms with Crippen molar-refractivity contribution in [3.05, 3.63) is 59.9 Å². The Kier molecular flexibility index (Phi) is 4.74. The summed E-state index contributed by atoms with van der Waals surface area (Å²) in [6, 6.07) is 5.94. The summed E-state index contributed by atoms with van der Waals surface area (Å²) in [6.45, 7) is 5.08. The zero-order valence-electron chi connectivity index (χ0n) is 17.5. The van der Waals surface area contributed by atoms with Gasteiger partial charge in [-0.05, 0) is 36.6 Å². The summed E-state index contributed by atoms with van der Waals surface area (Å²) in [6.07, 6.45) is 6.12. The normalized spacial score (nSPS) is 19.6. The summed E-state index contributed by atoms with van der Waals surface area (Å²) in [5.41, 5.74) is 9.91. The Balaban J connectivity index is 1.63. The molecule has 8 heteroatoms. The number of likely N-dealkylation sites (tertiary alicyclic amines) is 1. The number of nitrogens with two attached hydrogens (primary N) is 1. The highest BCUT2D eigenvalue weighted by Gasteiger charge is 2.45. The van der Waals surface area contributed by atoms with E-state index in [-0.39, 0.29) is 23.7 Å². The van der Waals surface area contributed by atoms with E-state index in [1.54, 1.807) is 24.5 Å². The number of hydrogen-bond donors (Lipinski definition) is 2. The first-order valence-corrected chi connectivity index (χ1v) is 10.6. The van der Waals surface area contributed by atoms with Crippen molar-refractivity contribution in [1.29, 1.82) is 0 Å². The standard InChI is InChI=1S/C23H25FN6O/c1-13(2)20(25)22(31)29-9-6-19-21(29)17(12-30(19)23-26-7-3-8-27-23)16-11-28-18-10-14(24)4-5-15(16)18/h3-5,7-8,10-11,13,19-20,28H,6,9,12,25H2,1-2H3. The molecular weight excluding hydrogens is 395 g/mol. The maximum Gasteiger partial charge on any atom is 0.243 e. The average Bonchev–Trinajstić information content (AvgIpc) is 3.46. The van der Waals surface area contributed by atoms with Gasteiger partial charge in [-0.15, -0.1) is 0 Å². The van der Waals surface area contributed by atoms with E-state index in [0.717, 1.165) is 34.2 Å². The van der Waals surface area contributed by atoms with Gasteiger partial charge in [0.1, 0.15) is 5.82 Å². The molecule has 0 spiro atoms. The van der Waals surface area contributed by atoms with Crippen molar-refractivity contribution < 1.29 is 9.18 Å². The van der Waals surface area contributed by atoms with E-state index < -0.39 is 6.04 Å². The van der Waals surface area contributed by atoms with E-state index >= 15 is 0 Å². The SMILES string of the molecule is CC(C)C(N)C(=O)N1CCC2C1=C(c1c[nH]c3cc(F)ccc13)CN2c1ncccn1. The van der Waals surface area contributed by atoms with E-state index in [9.17, 15) is 9.18 Å². The summed E-state index contributed by atoms with van der Waals surface area (Å²) < 4.78 is 13.7. The Hall–Kier alpha value is -3.26. The van der Waals surface area contributed by atoms with Crippen molar-refractivity contribution in [3.8, 4) is 0 Å². The van der Waals surface area contributed by atoms with E-state index in [1.807, 2.05) is 24.9 Å². The molecule has 0 aliphatic carbocycles. The number of halogens is 1. The predicted molar refractivity (Wildman–Crippen MR) is 117 cm³/mol. The quantitative estimate of drug-likeness (QED) is 0.677. The van der Waals surface area contributed by atoms with Crippen molar-refractivity contribution in [2.24, 2.45) is 11.7 Å². The molecular formula is C23H25FN6O. The van der Waals surface area contributed by atoms with Gasteiger partial charge >= 0.3 is 0 Å². The number of carbonyl (C=O) groups excluding carboxylic acids is 1. The van der Waals surface area contributed by atoms with E-state index in [2.05, 4.69) is 19.9 Å². The highest BCUT2D eigenvalue weighted by atomic mass is 19.1. The molecule has 0 bridgehead atoms. The second-order valence-corrected chi connectivity index (χ2v) is 8.50. The molecule has 1 saturated heterocycles. The van der Waals surface area contributed by atoms with Crippen LogP contribution >= 0.6 is 0 Å². The summed E-state index contributed by atoms with van der Waals surface area (Å²) >= 11 is 0. The molecule has 1 fully saturated rings. The fourth-order valence-electron chi connectivity index (χ4n) is 4.63. The van der Waals surface area contributed by atoms with Gasteiger partial charge in [0.25, 0.3) is 0 Å². The van der Waals surface area contributed by atoms with Crippen LogP contribution in [0.4, 0.5) is 10.3 Å². The predicted octanol–water partition coefficient (Wildman–Crippen LogP) is 2.91. The molecule has 3 N–H and O–H groups in total. The summed E-state index contributed by atoms with van der Waals surface area (Å²) in [7, 11) is 0. The van der Waals surface area contributed by atoms with Crippen LogP contribution in [0.2, 0.25) is 0 Å². The van der Waals surface area contributed by atoms with Gasteiger partial charge in [-0.1, -0.05) is 13.8 Å². The number of amides is 1. The zero-order chi connectivity index (χ0) is 21.7. The minimum atomic E-state index is -0.563. The fourth-order valence-corrected chi connectivity index (χ4v) is 4.63. The van der Waals surface area contributed by atoms with Crippen LogP contribution in [-0.4, -0.2) is 50.9 Å². The number of fused-ring (bicyclic) bond motifs is 2. The number of rotatable bonds is 4. The molecule has 7 nitrogen and oxygen atoms in total. The lowest BCUT2D eigenvalue weighted by molar-refractivity contribution is -0.130. The Morgan fingerprint density at radius 1 is 1.29 bits per heavy atom. The molecule has 2 aromatic heterocycles. The number of anilines is 1. The summed E-state index contributed by atoms with van der Waals surface area (Å²) in [4.78, 5) is 29.3. The number of nitrogens with one attached hydrogen (secondary N) is 1. The molecule has 160 valence electrons. The van der Waals surface area contributed by atoms with Crippen molar-refractivity contribution in [2.75, 3.05) is 18.0 Å². The molecule has 4 heterocycles. The maximum atomic E-state index is 13.7. The molecule has 3 aromatic rings. The van der Waals surface area contributed by atoms with Gasteiger partial charge in [0, 0.05) is 59.4 Å². The van der Waals surface area contributed by atoms with Crippen molar-refractivity contribution in [2.45, 2.75) is 32.4 Å². The molecule has 2 unspecified atom stereocenters. The van der Waals surface area contributed by atoms with Gasteiger partial charge in [-0.3, -0.25) is 4.79 Å². The highest BCUT2D eigenvalue weighted by Crippen LogP contribution is 2.43. The van der Waals surface area contributed by atoms with Crippen LogP contribution in [0.1, 0.15) is 25.8 Å². The van der Waals surface area contributed by atoms with Crippen LogP contribution in [0.3, 0.4) is 0 Å². The van der Waals surface area contributed by atoms with Crippen LogP contribution in [-0.2, 0) is 4.79 Å². The maximum absolute atomic E-state index is 13.7. The van der Waals surface area contributed by atoms with Crippen LogP contribution in [0.25, 0.3) is 16.5 Å². The Morgan fingerprint density at radius 3 is 2.81 bits per heavy atom. The van der Waals surface area contributed by atoms with E-state index in [1.165, 1.54) is 12.1 Å². The lowest BCUT2D eigenvalue weighted by atomic mass is 10.0. The number of benzene rings is 1. The van der Waals surface area contributed by atoms with Crippen LogP contribution in [0.5, 0.6) is 0 Å². The molecule has 0 radical (unpaired) electrons. The van der Waals surface area contributed by atoms with Gasteiger partial charge in [0.05, 0.1) is 12.1 Å². The molecule has 31 heavy (non-hydrogen) atoms. The molecule has 0 saturated carbocycles. The Morgan fingerprint density at radius 2 is 2.06 bits per heavy atom. The largest absolute Gasteiger partial charge is 0.360 e. The molecule has 2 atom stereocenters. The van der Waals surface area contributed by atoms with Gasteiger partial charge < -0.3 is 20.5 Å². The lowest BCUT2D eigenvalue weighted by Gasteiger charge is -2.25. The third kappa shape index (κ3) is 3.18. The van der Waals surface area contributed by atoms with Crippen molar-refractivity contribution in [1.82, 2.24) is 19.9 Å². The van der Waals surface area contributed by atoms with E-state index in [4.69, 9.17) is 5.73 Å². The molecule has 2 aliphatic rings. The average molecular weight is 420 g/mol. The molecule has 1 aromatic carbocycles. The van der Waals surface area contributed by atoms with Crippen molar-refractivity contribution in [3.63, 3.8) is 0 Å². The first kappa shape index (κ1) is 19.7. The smallest absolute Gasteiger partial charge is 0.243 e. The molecule has 1 amide bonds. The van der Waals surface area contributed by atoms with Gasteiger partial charge in [-0.2, -0.15) is 0 Å². The van der Waals surface area contributed by atoms with Crippen LogP contribution in [0, 0.1) is 11.7 Å². The number of H-pyrrole nitrogens is 1. The molecule has 5 rings (SSSR count). The first-order chi connectivity index (χ1) is 15.0. The van der Waals surface area contributed by atoms with Crippen LogP contribution in [0.15, 0.2) is 48.6 Å². The number of hydrogen-bond acceptors (Lipinski definition) is 5. The highest BCUT2D eigenvalue weighted by molar-refractivity contribution is 5.97.